The molecular weight excluding hydrogens is 372 g/mol. The predicted molar refractivity (Wildman–Crippen MR) is 119 cm³/mol. The molecule has 30 heavy (non-hydrogen) atoms. The molecule has 0 radical (unpaired) electrons. The van der Waals surface area contributed by atoms with Crippen molar-refractivity contribution >= 4 is 5.97 Å². The molecular formula is C27H34O3. The molecule has 0 amide bonds. The van der Waals surface area contributed by atoms with Crippen LogP contribution in [0.1, 0.15) is 74.2 Å². The zero-order chi connectivity index (χ0) is 20.8. The predicted octanol–water partition coefficient (Wildman–Crippen LogP) is 6.81. The molecule has 0 aliphatic heterocycles. The van der Waals surface area contributed by atoms with Crippen molar-refractivity contribution in [1.82, 2.24) is 0 Å². The zero-order valence-corrected chi connectivity index (χ0v) is 18.1. The molecule has 2 aliphatic carbocycles. The second-order valence-corrected chi connectivity index (χ2v) is 9.13. The van der Waals surface area contributed by atoms with Crippen LogP contribution in [-0.4, -0.2) is 12.1 Å². The van der Waals surface area contributed by atoms with Crippen LogP contribution in [0.15, 0.2) is 54.6 Å². The molecule has 0 saturated heterocycles. The Morgan fingerprint density at radius 3 is 2.40 bits per heavy atom. The van der Waals surface area contributed by atoms with Gasteiger partial charge in [-0.15, -0.1) is 0 Å². The Bertz CT molecular complexity index is 799. The van der Waals surface area contributed by atoms with Crippen molar-refractivity contribution in [2.24, 2.45) is 17.8 Å². The lowest BCUT2D eigenvalue weighted by atomic mass is 9.66. The van der Waals surface area contributed by atoms with Crippen LogP contribution in [0.2, 0.25) is 0 Å². The Morgan fingerprint density at radius 1 is 0.900 bits per heavy atom. The second-order valence-electron chi connectivity index (χ2n) is 9.13. The van der Waals surface area contributed by atoms with E-state index < -0.39 is 0 Å². The number of ether oxygens (including phenoxy) is 2. The third-order valence-corrected chi connectivity index (χ3v) is 6.98. The molecule has 2 aliphatic rings. The average Bonchev–Trinajstić information content (AvgIpc) is 2.79. The zero-order valence-electron chi connectivity index (χ0n) is 18.1. The summed E-state index contributed by atoms with van der Waals surface area (Å²) >= 11 is 0. The first kappa shape index (κ1) is 21.0. The Balaban J connectivity index is 1.25. The summed E-state index contributed by atoms with van der Waals surface area (Å²) in [5, 5.41) is 0. The minimum atomic E-state index is -0.201. The maximum absolute atomic E-state index is 12.6. The lowest BCUT2D eigenvalue weighted by molar-refractivity contribution is -0.00620. The molecule has 0 heterocycles. The minimum Gasteiger partial charge on any atom is -0.489 e. The standard InChI is InChI=1S/C27H34O3/c1-2-6-20-9-10-24-18-26(16-13-23(24)17-20)30-27(28)22-11-14-25(15-12-22)29-19-21-7-4-3-5-8-21/h3-5,7-8,11-12,14-15,20,23-24,26H,2,6,9-10,13,16-19H2,1H3/t20-,23+,24-,26+/m0/s1. The van der Waals surface area contributed by atoms with E-state index in [9.17, 15) is 4.79 Å². The molecule has 2 aromatic rings. The van der Waals surface area contributed by atoms with Crippen LogP contribution in [0.3, 0.4) is 0 Å². The number of rotatable bonds is 7. The highest BCUT2D eigenvalue weighted by Gasteiger charge is 2.36. The van der Waals surface area contributed by atoms with E-state index in [0.717, 1.165) is 41.9 Å². The first-order valence-electron chi connectivity index (χ1n) is 11.7. The third kappa shape index (κ3) is 5.44. The highest BCUT2D eigenvalue weighted by atomic mass is 16.5. The molecule has 0 unspecified atom stereocenters. The van der Waals surface area contributed by atoms with Gasteiger partial charge in [0.25, 0.3) is 0 Å². The van der Waals surface area contributed by atoms with E-state index >= 15 is 0 Å². The van der Waals surface area contributed by atoms with Crippen LogP contribution in [0.4, 0.5) is 0 Å². The molecule has 4 atom stereocenters. The molecule has 160 valence electrons. The lowest BCUT2D eigenvalue weighted by Gasteiger charge is -2.41. The third-order valence-electron chi connectivity index (χ3n) is 6.98. The van der Waals surface area contributed by atoms with Crippen LogP contribution in [0.5, 0.6) is 5.75 Å². The van der Waals surface area contributed by atoms with Gasteiger partial charge in [-0.3, -0.25) is 0 Å². The highest BCUT2D eigenvalue weighted by molar-refractivity contribution is 5.89. The van der Waals surface area contributed by atoms with Crippen LogP contribution >= 0.6 is 0 Å². The van der Waals surface area contributed by atoms with E-state index in [0.29, 0.717) is 12.2 Å². The molecule has 3 nitrogen and oxygen atoms in total. The maximum Gasteiger partial charge on any atom is 0.338 e. The molecule has 4 rings (SSSR count). The van der Waals surface area contributed by atoms with E-state index in [1.807, 2.05) is 54.6 Å². The summed E-state index contributed by atoms with van der Waals surface area (Å²) in [6.45, 7) is 2.82. The number of carbonyl (C=O) groups excluding carboxylic acids is 1. The fourth-order valence-corrected chi connectivity index (χ4v) is 5.37. The van der Waals surface area contributed by atoms with Gasteiger partial charge in [-0.05, 0) is 79.7 Å². The number of hydrogen-bond acceptors (Lipinski definition) is 3. The number of hydrogen-bond donors (Lipinski definition) is 0. The Hall–Kier alpha value is -2.29. The van der Waals surface area contributed by atoms with Gasteiger partial charge in [-0.2, -0.15) is 0 Å². The molecule has 3 heteroatoms. The number of esters is 1. The number of benzene rings is 2. The van der Waals surface area contributed by atoms with Gasteiger partial charge < -0.3 is 9.47 Å². The second kappa shape index (κ2) is 10.1. The molecule has 0 spiro atoms. The van der Waals surface area contributed by atoms with Crippen molar-refractivity contribution in [2.75, 3.05) is 0 Å². The van der Waals surface area contributed by atoms with Crippen LogP contribution < -0.4 is 4.74 Å². The molecule has 0 bridgehead atoms. The summed E-state index contributed by atoms with van der Waals surface area (Å²) in [6.07, 6.45) is 10.1. The van der Waals surface area contributed by atoms with Crippen molar-refractivity contribution in [2.45, 2.75) is 71.0 Å². The molecule has 0 aromatic heterocycles. The fraction of sp³-hybridized carbons (Fsp3) is 0.519. The summed E-state index contributed by atoms with van der Waals surface area (Å²) in [7, 11) is 0. The van der Waals surface area contributed by atoms with Crippen molar-refractivity contribution in [3.8, 4) is 5.75 Å². The van der Waals surface area contributed by atoms with Gasteiger partial charge in [-0.1, -0.05) is 56.5 Å². The van der Waals surface area contributed by atoms with Crippen molar-refractivity contribution in [3.63, 3.8) is 0 Å². The topological polar surface area (TPSA) is 35.5 Å². The summed E-state index contributed by atoms with van der Waals surface area (Å²) in [5.41, 5.74) is 1.73. The van der Waals surface area contributed by atoms with E-state index in [4.69, 9.17) is 9.47 Å². The average molecular weight is 407 g/mol. The van der Waals surface area contributed by atoms with Gasteiger partial charge in [0.05, 0.1) is 5.56 Å². The Kier molecular flexibility index (Phi) is 7.09. The van der Waals surface area contributed by atoms with Gasteiger partial charge in [0.2, 0.25) is 0 Å². The van der Waals surface area contributed by atoms with E-state index in [2.05, 4.69) is 6.92 Å². The minimum absolute atomic E-state index is 0.0792. The smallest absolute Gasteiger partial charge is 0.338 e. The Morgan fingerprint density at radius 2 is 1.63 bits per heavy atom. The highest BCUT2D eigenvalue weighted by Crippen LogP contribution is 2.44. The van der Waals surface area contributed by atoms with E-state index in [-0.39, 0.29) is 12.1 Å². The quantitative estimate of drug-likeness (QED) is 0.474. The molecule has 0 N–H and O–H groups in total. The van der Waals surface area contributed by atoms with Crippen LogP contribution in [0, 0.1) is 17.8 Å². The largest absolute Gasteiger partial charge is 0.489 e. The van der Waals surface area contributed by atoms with Crippen molar-refractivity contribution in [1.29, 1.82) is 0 Å². The van der Waals surface area contributed by atoms with Gasteiger partial charge in [0.1, 0.15) is 18.5 Å². The SMILES string of the molecule is CCC[C@H]1CC[C@H]2C[C@H](OC(=O)c3ccc(OCc4ccccc4)cc3)CC[C@@H]2C1. The van der Waals surface area contributed by atoms with Crippen LogP contribution in [-0.2, 0) is 11.3 Å². The van der Waals surface area contributed by atoms with Gasteiger partial charge in [0.15, 0.2) is 0 Å². The molecule has 2 saturated carbocycles. The first-order valence-corrected chi connectivity index (χ1v) is 11.7. The summed E-state index contributed by atoms with van der Waals surface area (Å²) < 4.78 is 11.7. The summed E-state index contributed by atoms with van der Waals surface area (Å²) in [4.78, 5) is 12.6. The van der Waals surface area contributed by atoms with Gasteiger partial charge in [0, 0.05) is 0 Å². The van der Waals surface area contributed by atoms with Crippen molar-refractivity contribution in [3.05, 3.63) is 65.7 Å². The first-order chi connectivity index (χ1) is 14.7. The van der Waals surface area contributed by atoms with E-state index in [1.54, 1.807) is 0 Å². The maximum atomic E-state index is 12.6. The number of fused-ring (bicyclic) bond motifs is 1. The van der Waals surface area contributed by atoms with Gasteiger partial charge in [-0.25, -0.2) is 4.79 Å². The lowest BCUT2D eigenvalue weighted by Crippen LogP contribution is -2.35. The fourth-order valence-electron chi connectivity index (χ4n) is 5.37. The number of carbonyl (C=O) groups is 1. The van der Waals surface area contributed by atoms with E-state index in [1.165, 1.54) is 38.5 Å². The molecule has 2 fully saturated rings. The monoisotopic (exact) mass is 406 g/mol. The summed E-state index contributed by atoms with van der Waals surface area (Å²) in [6, 6.07) is 17.4. The Labute approximate surface area is 180 Å². The van der Waals surface area contributed by atoms with Crippen molar-refractivity contribution < 1.29 is 14.3 Å². The molecule has 2 aromatic carbocycles. The normalized spacial score (nSPS) is 25.9. The van der Waals surface area contributed by atoms with Gasteiger partial charge >= 0.3 is 5.97 Å². The van der Waals surface area contributed by atoms with Crippen LogP contribution in [0.25, 0.3) is 0 Å². The summed E-state index contributed by atoms with van der Waals surface area (Å²) in [5.74, 6) is 3.09.